The van der Waals surface area contributed by atoms with Gasteiger partial charge in [0.25, 0.3) is 6.08 Å². The topological polar surface area (TPSA) is 58.7 Å². The molecule has 0 heterocycles. The maximum absolute atomic E-state index is 10.1. The largest absolute Gasteiger partial charge is 1.00 e. The van der Waals surface area contributed by atoms with E-state index < -0.39 is 6.08 Å². The van der Waals surface area contributed by atoms with Crippen LogP contribution < -0.4 is 42.8 Å². The summed E-state index contributed by atoms with van der Waals surface area (Å²) in [5, 5.41) is 0. The van der Waals surface area contributed by atoms with Crippen LogP contribution in [0.4, 0.5) is 8.78 Å². The van der Waals surface area contributed by atoms with Crippen LogP contribution in [0.5, 0.6) is 0 Å². The molecular formula is C6H15F2I6N3Na-. The predicted octanol–water partition coefficient (Wildman–Crippen LogP) is 2.55. The van der Waals surface area contributed by atoms with Crippen LogP contribution in [0.3, 0.4) is 0 Å². The summed E-state index contributed by atoms with van der Waals surface area (Å²) in [4.78, 5) is 3.47. The van der Waals surface area contributed by atoms with Gasteiger partial charge in [0.05, 0.1) is 0 Å². The molecule has 0 aromatic heterocycles. The van der Waals surface area contributed by atoms with Gasteiger partial charge in [-0.2, -0.15) is 8.78 Å². The Balaban J connectivity index is -0.00000000895. The molecule has 0 aromatic carbocycles. The van der Waals surface area contributed by atoms with Crippen molar-refractivity contribution < 1.29 is 53.0 Å². The first kappa shape index (κ1) is 49.5. The van der Waals surface area contributed by atoms with Crippen LogP contribution in [-0.2, 0) is 0 Å². The Bertz CT molecular complexity index is 132. The fourth-order valence-corrected chi connectivity index (χ4v) is 0. The van der Waals surface area contributed by atoms with Gasteiger partial charge < -0.3 is 11.1 Å². The zero-order valence-electron chi connectivity index (χ0n) is 8.99. The van der Waals surface area contributed by atoms with E-state index in [0.29, 0.717) is 13.3 Å². The average molecular weight is 952 g/mol. The van der Waals surface area contributed by atoms with E-state index in [9.17, 15) is 8.78 Å². The van der Waals surface area contributed by atoms with E-state index in [1.165, 1.54) is 4.91 Å². The summed E-state index contributed by atoms with van der Waals surface area (Å²) in [5.41, 5.74) is 13.5. The molecule has 0 unspecified atom stereocenters. The van der Waals surface area contributed by atoms with Crippen molar-refractivity contribution in [1.29, 1.82) is 0 Å². The molecule has 18 heavy (non-hydrogen) atoms. The van der Waals surface area contributed by atoms with Gasteiger partial charge in [-0.1, -0.05) is 30.0 Å². The first-order chi connectivity index (χ1) is 7.56. The van der Waals surface area contributed by atoms with Crippen LogP contribution in [-0.4, -0.2) is 4.93 Å². The Morgan fingerprint density at radius 3 is 1.17 bits per heavy atom. The molecule has 3 nitrogen and oxygen atoms in total. The second-order valence-corrected chi connectivity index (χ2v) is 16.7. The Morgan fingerprint density at radius 1 is 1.17 bits per heavy atom. The molecule has 0 atom stereocenters. The third kappa shape index (κ3) is 447. The average Bonchev–Trinajstić information content (AvgIpc) is 2.27. The van der Waals surface area contributed by atoms with Crippen molar-refractivity contribution in [3.63, 3.8) is 0 Å². The van der Waals surface area contributed by atoms with Gasteiger partial charge in [0.15, 0.2) is 0 Å². The third-order valence-electron chi connectivity index (χ3n) is 0. The minimum Gasteiger partial charge on any atom is -0.373 e. The fourth-order valence-electron chi connectivity index (χ4n) is 0. The number of hydrogen-bond donors (Lipinski definition) is 0. The minimum absolute atomic E-state index is 0. The van der Waals surface area contributed by atoms with E-state index in [-0.39, 0.29) is 38.4 Å². The van der Waals surface area contributed by atoms with Crippen LogP contribution >= 0.6 is 97.1 Å². The van der Waals surface area contributed by atoms with E-state index in [0.717, 1.165) is 0 Å². The van der Waals surface area contributed by atoms with Crippen molar-refractivity contribution in [2.24, 2.45) is 0 Å². The van der Waals surface area contributed by atoms with E-state index >= 15 is 0 Å². The van der Waals surface area contributed by atoms with Crippen molar-refractivity contribution in [2.45, 2.75) is 7.43 Å². The van der Waals surface area contributed by atoms with Crippen LogP contribution in [0, 0.1) is 0 Å². The van der Waals surface area contributed by atoms with Crippen molar-refractivity contribution in [1.82, 2.24) is 0 Å². The molecule has 0 saturated heterocycles. The summed E-state index contributed by atoms with van der Waals surface area (Å²) < 4.78 is 20.3. The summed E-state index contributed by atoms with van der Waals surface area (Å²) in [6.45, 7) is 8.22. The second-order valence-electron chi connectivity index (χ2n) is 0.482. The van der Waals surface area contributed by atoms with Gasteiger partial charge in [-0.15, -0.1) is 13.2 Å². The molecule has 0 N–H and O–H groups in total. The SMILES string of the molecule is C.C=C.C=C(F)F.CI.II.I[I-]I.[HH].[N-]=[N+]=[N-].[Na+]. The van der Waals surface area contributed by atoms with Gasteiger partial charge in [-0.3, -0.25) is 4.91 Å². The minimum atomic E-state index is -1.83. The molecule has 0 aliphatic rings. The molecule has 0 radical (unpaired) electrons. The molecule has 12 heteroatoms. The first-order valence-corrected chi connectivity index (χ1v) is 23.5. The standard InChI is InChI=1S/C2H2F2.C2H4.CH3I.CH4.I3.I2.N3.Na.H2/c1-2(3)4;2*1-2;;1-3-2;1-2;1-3-2;;/h1H2;1-2H2;1H3;1H4;;;;;1H/q;;;;-1;;-1;+1;. The van der Waals surface area contributed by atoms with Crippen molar-refractivity contribution in [2.75, 3.05) is 4.93 Å². The summed E-state index contributed by atoms with van der Waals surface area (Å²) in [6.07, 6.45) is -1.83. The molecule has 0 aliphatic carbocycles. The maximum atomic E-state index is 10.1. The molecule has 0 bridgehead atoms. The van der Waals surface area contributed by atoms with Gasteiger partial charge in [0.1, 0.15) is 0 Å². The van der Waals surface area contributed by atoms with Gasteiger partial charge in [-0.05, 0) is 11.5 Å². The Morgan fingerprint density at radius 2 is 1.17 bits per heavy atom. The van der Waals surface area contributed by atoms with Gasteiger partial charge in [0.2, 0.25) is 0 Å². The molecule has 0 aromatic rings. The fraction of sp³-hybridized carbons (Fsp3) is 0.333. The predicted molar refractivity (Wildman–Crippen MR) is 118 cm³/mol. The molecule has 0 amide bonds. The number of halogens is 8. The summed E-state index contributed by atoms with van der Waals surface area (Å²) in [6, 6.07) is 0. The van der Waals surface area contributed by atoms with Gasteiger partial charge in [0, 0.05) is 38.7 Å². The Labute approximate surface area is 199 Å². The molecule has 0 fully saturated rings. The van der Waals surface area contributed by atoms with E-state index in [4.69, 9.17) is 11.1 Å². The van der Waals surface area contributed by atoms with E-state index in [1.54, 1.807) is 0 Å². The zero-order chi connectivity index (χ0) is 15.0. The quantitative estimate of drug-likeness (QED) is 0.0684. The van der Waals surface area contributed by atoms with Crippen LogP contribution in [0.2, 0.25) is 0 Å². The van der Waals surface area contributed by atoms with Crippen molar-refractivity contribution >= 4 is 97.1 Å². The Kier molecular flexibility index (Phi) is 285. The number of alkyl halides is 1. The number of rotatable bonds is 0. The molecular weight excluding hydrogens is 936 g/mol. The molecule has 0 rings (SSSR count). The zero-order valence-corrected chi connectivity index (χ0v) is 23.9. The summed E-state index contributed by atoms with van der Waals surface area (Å²) in [7, 11) is 0. The van der Waals surface area contributed by atoms with Crippen LogP contribution in [0.15, 0.2) is 25.8 Å². The van der Waals surface area contributed by atoms with Crippen LogP contribution in [0.1, 0.15) is 8.85 Å². The number of hydrogen-bond acceptors (Lipinski definition) is 0. The molecule has 0 spiro atoms. The Hall–Kier alpha value is 4.03. The van der Waals surface area contributed by atoms with E-state index in [1.807, 2.05) is 4.93 Å². The summed E-state index contributed by atoms with van der Waals surface area (Å²) in [5.74, 6) is 0. The van der Waals surface area contributed by atoms with Crippen molar-refractivity contribution in [3.05, 3.63) is 41.8 Å². The van der Waals surface area contributed by atoms with Gasteiger partial charge in [-0.25, -0.2) is 0 Å². The third-order valence-corrected chi connectivity index (χ3v) is 0. The summed E-state index contributed by atoms with van der Waals surface area (Å²) >= 11 is 11.7. The van der Waals surface area contributed by atoms with Gasteiger partial charge >= 0.3 is 80.0 Å². The molecule has 112 valence electrons. The number of nitrogens with zero attached hydrogens (tertiary/aromatic N) is 3. The first-order valence-electron chi connectivity index (χ1n) is 2.44. The second kappa shape index (κ2) is 103. The van der Waals surface area contributed by atoms with Crippen molar-refractivity contribution in [3.8, 4) is 0 Å². The molecule has 0 saturated carbocycles. The smallest absolute Gasteiger partial charge is 0.373 e. The maximum Gasteiger partial charge on any atom is 1.00 e. The van der Waals surface area contributed by atoms with E-state index in [2.05, 4.69) is 117 Å². The van der Waals surface area contributed by atoms with Crippen LogP contribution in [0.25, 0.3) is 16.0 Å². The monoisotopic (exact) mass is 952 g/mol. The molecule has 0 aliphatic heterocycles. The normalized spacial score (nSPS) is 4.00.